The van der Waals surface area contributed by atoms with Crippen LogP contribution < -0.4 is 10.1 Å². The van der Waals surface area contributed by atoms with Gasteiger partial charge in [0.25, 0.3) is 0 Å². The van der Waals surface area contributed by atoms with Crippen molar-refractivity contribution in [3.05, 3.63) is 29.3 Å². The lowest BCUT2D eigenvalue weighted by Crippen LogP contribution is -2.31. The Hall–Kier alpha value is -1.51. The second-order valence-corrected chi connectivity index (χ2v) is 4.78. The number of nitrogens with one attached hydrogen (secondary N) is 1. The van der Waals surface area contributed by atoms with Crippen LogP contribution in [-0.2, 0) is 4.79 Å². The molecule has 0 heterocycles. The molecule has 3 heteroatoms. The van der Waals surface area contributed by atoms with Crippen LogP contribution in [0.15, 0.2) is 18.2 Å². The van der Waals surface area contributed by atoms with E-state index >= 15 is 0 Å². The van der Waals surface area contributed by atoms with E-state index in [0.29, 0.717) is 0 Å². The van der Waals surface area contributed by atoms with E-state index in [2.05, 4.69) is 11.4 Å². The topological polar surface area (TPSA) is 38.3 Å². The molecule has 0 spiro atoms. The molecule has 0 bridgehead atoms. The van der Waals surface area contributed by atoms with Gasteiger partial charge in [0.15, 0.2) is 0 Å². The first-order valence-electron chi connectivity index (χ1n) is 6.44. The van der Waals surface area contributed by atoms with Crippen molar-refractivity contribution in [1.82, 2.24) is 5.32 Å². The van der Waals surface area contributed by atoms with Crippen molar-refractivity contribution in [2.24, 2.45) is 5.92 Å². The van der Waals surface area contributed by atoms with E-state index in [-0.39, 0.29) is 17.9 Å². The van der Waals surface area contributed by atoms with E-state index in [1.54, 1.807) is 7.11 Å². The first kappa shape index (κ1) is 14.6. The number of amides is 1. The maximum absolute atomic E-state index is 11.9. The lowest BCUT2D eigenvalue weighted by molar-refractivity contribution is -0.125. The van der Waals surface area contributed by atoms with E-state index in [1.165, 1.54) is 0 Å². The van der Waals surface area contributed by atoms with E-state index in [0.717, 1.165) is 23.3 Å². The third kappa shape index (κ3) is 3.49. The van der Waals surface area contributed by atoms with Gasteiger partial charge in [-0.05, 0) is 26.3 Å². The van der Waals surface area contributed by atoms with Gasteiger partial charge in [-0.15, -0.1) is 0 Å². The number of carbonyl (C=O) groups is 1. The molecule has 100 valence electrons. The molecule has 0 radical (unpaired) electrons. The van der Waals surface area contributed by atoms with Crippen molar-refractivity contribution in [3.63, 3.8) is 0 Å². The van der Waals surface area contributed by atoms with Gasteiger partial charge < -0.3 is 10.1 Å². The second-order valence-electron chi connectivity index (χ2n) is 4.78. The smallest absolute Gasteiger partial charge is 0.223 e. The summed E-state index contributed by atoms with van der Waals surface area (Å²) < 4.78 is 5.34. The molecule has 0 saturated heterocycles. The van der Waals surface area contributed by atoms with Crippen molar-refractivity contribution < 1.29 is 9.53 Å². The molecule has 1 aromatic rings. The van der Waals surface area contributed by atoms with Crippen LogP contribution in [0.1, 0.15) is 44.4 Å². The van der Waals surface area contributed by atoms with Gasteiger partial charge in [-0.25, -0.2) is 0 Å². The number of benzene rings is 1. The van der Waals surface area contributed by atoms with E-state index < -0.39 is 0 Å². The minimum atomic E-state index is -0.0404. The molecule has 1 amide bonds. The fourth-order valence-electron chi connectivity index (χ4n) is 1.81. The monoisotopic (exact) mass is 249 g/mol. The first-order valence-corrected chi connectivity index (χ1v) is 6.44. The maximum Gasteiger partial charge on any atom is 0.223 e. The minimum Gasteiger partial charge on any atom is -0.496 e. The minimum absolute atomic E-state index is 0.0404. The average Bonchev–Trinajstić information content (AvgIpc) is 2.37. The van der Waals surface area contributed by atoms with Crippen LogP contribution >= 0.6 is 0 Å². The summed E-state index contributed by atoms with van der Waals surface area (Å²) >= 11 is 0. The number of carbonyl (C=O) groups excluding carboxylic acids is 1. The van der Waals surface area contributed by atoms with Crippen LogP contribution in [0, 0.1) is 12.8 Å². The van der Waals surface area contributed by atoms with Crippen molar-refractivity contribution in [3.8, 4) is 5.75 Å². The van der Waals surface area contributed by atoms with Crippen LogP contribution in [0.5, 0.6) is 5.75 Å². The van der Waals surface area contributed by atoms with Crippen LogP contribution in [0.4, 0.5) is 0 Å². The molecule has 18 heavy (non-hydrogen) atoms. The van der Waals surface area contributed by atoms with Gasteiger partial charge in [0.05, 0.1) is 13.2 Å². The quantitative estimate of drug-likeness (QED) is 0.870. The standard InChI is InChI=1S/C15H23NO2/c1-6-11(3)15(17)16-12(4)13-9-10(2)7-8-14(13)18-5/h7-9,11-12H,6H2,1-5H3,(H,16,17). The predicted octanol–water partition coefficient (Wildman–Crippen LogP) is 3.23. The van der Waals surface area contributed by atoms with Gasteiger partial charge in [0.2, 0.25) is 5.91 Å². The van der Waals surface area contributed by atoms with Gasteiger partial charge in [-0.1, -0.05) is 31.5 Å². The second kappa shape index (κ2) is 6.43. The summed E-state index contributed by atoms with van der Waals surface area (Å²) in [7, 11) is 1.65. The highest BCUT2D eigenvalue weighted by Crippen LogP contribution is 2.26. The van der Waals surface area contributed by atoms with Gasteiger partial charge in [0, 0.05) is 11.5 Å². The predicted molar refractivity (Wildman–Crippen MR) is 73.7 cm³/mol. The summed E-state index contributed by atoms with van der Waals surface area (Å²) in [5, 5.41) is 3.03. The Morgan fingerprint density at radius 2 is 2.06 bits per heavy atom. The van der Waals surface area contributed by atoms with Crippen molar-refractivity contribution in [2.75, 3.05) is 7.11 Å². The summed E-state index contributed by atoms with van der Waals surface area (Å²) in [5.41, 5.74) is 2.18. The molecule has 0 saturated carbocycles. The molecule has 2 atom stereocenters. The normalized spacial score (nSPS) is 13.8. The van der Waals surface area contributed by atoms with Crippen LogP contribution in [0.3, 0.4) is 0 Å². The molecule has 0 fully saturated rings. The Morgan fingerprint density at radius 3 is 2.61 bits per heavy atom. The number of hydrogen-bond donors (Lipinski definition) is 1. The van der Waals surface area contributed by atoms with Gasteiger partial charge in [-0.2, -0.15) is 0 Å². The highest BCUT2D eigenvalue weighted by atomic mass is 16.5. The fourth-order valence-corrected chi connectivity index (χ4v) is 1.81. The third-order valence-corrected chi connectivity index (χ3v) is 3.27. The lowest BCUT2D eigenvalue weighted by Gasteiger charge is -2.19. The molecule has 1 rings (SSSR count). The zero-order valence-corrected chi connectivity index (χ0v) is 11.9. The Labute approximate surface area is 110 Å². The molecule has 0 aliphatic carbocycles. The Balaban J connectivity index is 2.86. The molecule has 2 unspecified atom stereocenters. The number of aryl methyl sites for hydroxylation is 1. The third-order valence-electron chi connectivity index (χ3n) is 3.27. The van der Waals surface area contributed by atoms with Crippen molar-refractivity contribution in [1.29, 1.82) is 0 Å². The van der Waals surface area contributed by atoms with E-state index in [1.807, 2.05) is 39.8 Å². The molecular formula is C15H23NO2. The molecule has 0 aliphatic heterocycles. The van der Waals surface area contributed by atoms with Crippen LogP contribution in [0.2, 0.25) is 0 Å². The number of ether oxygens (including phenoxy) is 1. The Kier molecular flexibility index (Phi) is 5.20. The Bertz CT molecular complexity index is 415. The van der Waals surface area contributed by atoms with Crippen LogP contribution in [0.25, 0.3) is 0 Å². The summed E-state index contributed by atoms with van der Waals surface area (Å²) in [5.74, 6) is 0.953. The molecule has 1 aromatic carbocycles. The summed E-state index contributed by atoms with van der Waals surface area (Å²) in [6.07, 6.45) is 0.851. The molecular weight excluding hydrogens is 226 g/mol. The largest absolute Gasteiger partial charge is 0.496 e. The molecule has 0 aliphatic rings. The summed E-state index contributed by atoms with van der Waals surface area (Å²) in [4.78, 5) is 11.9. The number of hydrogen-bond acceptors (Lipinski definition) is 2. The Morgan fingerprint density at radius 1 is 1.39 bits per heavy atom. The molecule has 3 nitrogen and oxygen atoms in total. The zero-order valence-electron chi connectivity index (χ0n) is 11.9. The fraction of sp³-hybridized carbons (Fsp3) is 0.533. The lowest BCUT2D eigenvalue weighted by atomic mass is 10.0. The highest BCUT2D eigenvalue weighted by molar-refractivity contribution is 5.78. The number of rotatable bonds is 5. The van der Waals surface area contributed by atoms with Crippen molar-refractivity contribution >= 4 is 5.91 Å². The van der Waals surface area contributed by atoms with Gasteiger partial charge in [0.1, 0.15) is 5.75 Å². The highest BCUT2D eigenvalue weighted by Gasteiger charge is 2.17. The van der Waals surface area contributed by atoms with Gasteiger partial charge >= 0.3 is 0 Å². The van der Waals surface area contributed by atoms with E-state index in [4.69, 9.17) is 4.74 Å². The first-order chi connectivity index (χ1) is 8.49. The van der Waals surface area contributed by atoms with Crippen molar-refractivity contribution in [2.45, 2.75) is 40.2 Å². The SMILES string of the molecule is CCC(C)C(=O)NC(C)c1cc(C)ccc1OC. The van der Waals surface area contributed by atoms with Gasteiger partial charge in [-0.3, -0.25) is 4.79 Å². The molecule has 0 aromatic heterocycles. The maximum atomic E-state index is 11.9. The summed E-state index contributed by atoms with van der Waals surface area (Å²) in [6, 6.07) is 5.96. The van der Waals surface area contributed by atoms with Crippen LogP contribution in [-0.4, -0.2) is 13.0 Å². The summed E-state index contributed by atoms with van der Waals surface area (Å²) in [6.45, 7) is 7.97. The average molecular weight is 249 g/mol. The number of methoxy groups -OCH3 is 1. The molecule has 1 N–H and O–H groups in total. The van der Waals surface area contributed by atoms with E-state index in [9.17, 15) is 4.79 Å². The zero-order chi connectivity index (χ0) is 13.7.